The van der Waals surface area contributed by atoms with Gasteiger partial charge in [0.05, 0.1) is 0 Å². The summed E-state index contributed by atoms with van der Waals surface area (Å²) in [6.45, 7) is 5.10. The number of aryl methyl sites for hydroxylation is 1. The Kier molecular flexibility index (Phi) is 3.08. The van der Waals surface area contributed by atoms with Crippen molar-refractivity contribution in [2.24, 2.45) is 0 Å². The molecular formula is C12H16F2N2. The highest BCUT2D eigenvalue weighted by Gasteiger charge is 2.21. The van der Waals surface area contributed by atoms with Crippen LogP contribution in [0, 0.1) is 0 Å². The van der Waals surface area contributed by atoms with Crippen molar-refractivity contribution in [1.29, 1.82) is 0 Å². The van der Waals surface area contributed by atoms with E-state index >= 15 is 0 Å². The van der Waals surface area contributed by atoms with Gasteiger partial charge in [0.1, 0.15) is 5.69 Å². The quantitative estimate of drug-likeness (QED) is 0.770. The summed E-state index contributed by atoms with van der Waals surface area (Å²) in [5.41, 5.74) is 1.90. The highest BCUT2D eigenvalue weighted by Crippen LogP contribution is 2.31. The molecule has 0 unspecified atom stereocenters. The van der Waals surface area contributed by atoms with Gasteiger partial charge in [0.25, 0.3) is 6.43 Å². The Morgan fingerprint density at radius 2 is 2.12 bits per heavy atom. The fraction of sp³-hybridized carbons (Fsp3) is 0.583. The van der Waals surface area contributed by atoms with E-state index in [2.05, 4.69) is 23.7 Å². The summed E-state index contributed by atoms with van der Waals surface area (Å²) < 4.78 is 25.2. The number of pyridine rings is 1. The van der Waals surface area contributed by atoms with Crippen molar-refractivity contribution in [2.45, 2.75) is 39.2 Å². The lowest BCUT2D eigenvalue weighted by molar-refractivity contribution is 0.146. The van der Waals surface area contributed by atoms with Crippen LogP contribution in [0.15, 0.2) is 12.3 Å². The van der Waals surface area contributed by atoms with Crippen LogP contribution in [-0.4, -0.2) is 17.6 Å². The maximum Gasteiger partial charge on any atom is 0.280 e. The zero-order valence-electron chi connectivity index (χ0n) is 9.58. The molecular weight excluding hydrogens is 210 g/mol. The molecule has 0 aromatic carbocycles. The number of aromatic nitrogens is 1. The maximum absolute atomic E-state index is 12.6. The Balaban J connectivity index is 2.40. The Morgan fingerprint density at radius 1 is 1.38 bits per heavy atom. The predicted octanol–water partition coefficient (Wildman–Crippen LogP) is 3.18. The fourth-order valence-corrected chi connectivity index (χ4v) is 2.16. The first kappa shape index (κ1) is 11.3. The van der Waals surface area contributed by atoms with Crippen molar-refractivity contribution in [1.82, 2.24) is 4.98 Å². The molecule has 88 valence electrons. The molecule has 1 aromatic heterocycles. The van der Waals surface area contributed by atoms with Gasteiger partial charge in [-0.15, -0.1) is 0 Å². The zero-order chi connectivity index (χ0) is 11.7. The lowest BCUT2D eigenvalue weighted by Gasteiger charge is -2.34. The summed E-state index contributed by atoms with van der Waals surface area (Å²) in [6.07, 6.45) is 1.13. The second-order valence-corrected chi connectivity index (χ2v) is 4.43. The van der Waals surface area contributed by atoms with E-state index in [9.17, 15) is 8.78 Å². The first-order chi connectivity index (χ1) is 7.59. The molecule has 1 aliphatic heterocycles. The largest absolute Gasteiger partial charge is 0.369 e. The smallest absolute Gasteiger partial charge is 0.280 e. The monoisotopic (exact) mass is 226 g/mol. The van der Waals surface area contributed by atoms with Crippen LogP contribution in [0.2, 0.25) is 0 Å². The molecule has 2 heterocycles. The Labute approximate surface area is 94.3 Å². The molecule has 2 rings (SSSR count). The molecule has 0 saturated carbocycles. The summed E-state index contributed by atoms with van der Waals surface area (Å²) in [5, 5.41) is 0. The SMILES string of the molecule is CC(C)N1CCCc2cnc(C(F)F)cc21. The van der Waals surface area contributed by atoms with E-state index in [1.54, 1.807) is 12.3 Å². The van der Waals surface area contributed by atoms with Gasteiger partial charge in [0.2, 0.25) is 0 Å². The molecule has 16 heavy (non-hydrogen) atoms. The number of hydrogen-bond acceptors (Lipinski definition) is 2. The average Bonchev–Trinajstić information content (AvgIpc) is 2.27. The minimum Gasteiger partial charge on any atom is -0.369 e. The van der Waals surface area contributed by atoms with Gasteiger partial charge in [-0.1, -0.05) is 0 Å². The number of alkyl halides is 2. The summed E-state index contributed by atoms with van der Waals surface area (Å²) in [7, 11) is 0. The molecule has 4 heteroatoms. The number of nitrogens with zero attached hydrogens (tertiary/aromatic N) is 2. The molecule has 1 aromatic rings. The van der Waals surface area contributed by atoms with Crippen molar-refractivity contribution < 1.29 is 8.78 Å². The maximum atomic E-state index is 12.6. The van der Waals surface area contributed by atoms with Gasteiger partial charge in [0, 0.05) is 24.5 Å². The second-order valence-electron chi connectivity index (χ2n) is 4.43. The average molecular weight is 226 g/mol. The first-order valence-corrected chi connectivity index (χ1v) is 5.63. The third-order valence-electron chi connectivity index (χ3n) is 2.98. The molecule has 0 fully saturated rings. The van der Waals surface area contributed by atoms with Crippen LogP contribution in [0.5, 0.6) is 0 Å². The van der Waals surface area contributed by atoms with Gasteiger partial charge >= 0.3 is 0 Å². The van der Waals surface area contributed by atoms with Gasteiger partial charge in [-0.2, -0.15) is 0 Å². The highest BCUT2D eigenvalue weighted by atomic mass is 19.3. The minimum atomic E-state index is -2.48. The van der Waals surface area contributed by atoms with Crippen LogP contribution in [0.25, 0.3) is 0 Å². The molecule has 0 atom stereocenters. The molecule has 1 aliphatic rings. The van der Waals surface area contributed by atoms with Gasteiger partial charge < -0.3 is 4.90 Å². The number of fused-ring (bicyclic) bond motifs is 1. The van der Waals surface area contributed by atoms with E-state index in [0.717, 1.165) is 30.6 Å². The summed E-state index contributed by atoms with van der Waals surface area (Å²) in [4.78, 5) is 5.98. The molecule has 0 aliphatic carbocycles. The van der Waals surface area contributed by atoms with E-state index in [-0.39, 0.29) is 5.69 Å². The predicted molar refractivity (Wildman–Crippen MR) is 60.0 cm³/mol. The van der Waals surface area contributed by atoms with E-state index < -0.39 is 6.43 Å². The standard InChI is InChI=1S/C12H16F2N2/c1-8(2)16-5-3-4-9-7-15-10(12(13)14)6-11(9)16/h6-8,12H,3-5H2,1-2H3. The number of halogens is 2. The Bertz CT molecular complexity index is 377. The molecule has 0 radical (unpaired) electrons. The topological polar surface area (TPSA) is 16.1 Å². The lowest BCUT2D eigenvalue weighted by Crippen LogP contribution is -2.35. The van der Waals surface area contributed by atoms with Gasteiger partial charge in [0.15, 0.2) is 0 Å². The van der Waals surface area contributed by atoms with Crippen molar-refractivity contribution in [3.8, 4) is 0 Å². The molecule has 0 amide bonds. The minimum absolute atomic E-state index is 0.119. The number of hydrogen-bond donors (Lipinski definition) is 0. The van der Waals surface area contributed by atoms with Crippen molar-refractivity contribution in [3.63, 3.8) is 0 Å². The normalized spacial score (nSPS) is 15.8. The summed E-state index contributed by atoms with van der Waals surface area (Å²) >= 11 is 0. The second kappa shape index (κ2) is 4.36. The van der Waals surface area contributed by atoms with Crippen LogP contribution in [-0.2, 0) is 6.42 Å². The summed E-state index contributed by atoms with van der Waals surface area (Å²) in [5.74, 6) is 0. The Morgan fingerprint density at radius 3 is 2.75 bits per heavy atom. The number of anilines is 1. The van der Waals surface area contributed by atoms with Crippen molar-refractivity contribution >= 4 is 5.69 Å². The summed E-state index contributed by atoms with van der Waals surface area (Å²) in [6, 6.07) is 1.88. The van der Waals surface area contributed by atoms with E-state index in [4.69, 9.17) is 0 Å². The fourth-order valence-electron chi connectivity index (χ4n) is 2.16. The van der Waals surface area contributed by atoms with Gasteiger partial charge in [-0.05, 0) is 38.3 Å². The molecule has 0 saturated heterocycles. The molecule has 0 spiro atoms. The van der Waals surface area contributed by atoms with Crippen LogP contribution < -0.4 is 4.90 Å². The highest BCUT2D eigenvalue weighted by molar-refractivity contribution is 5.56. The van der Waals surface area contributed by atoms with Crippen molar-refractivity contribution in [3.05, 3.63) is 23.5 Å². The van der Waals surface area contributed by atoms with Crippen LogP contribution >= 0.6 is 0 Å². The lowest BCUT2D eigenvalue weighted by atomic mass is 10.0. The molecule has 0 bridgehead atoms. The van der Waals surface area contributed by atoms with Crippen LogP contribution in [0.3, 0.4) is 0 Å². The zero-order valence-corrected chi connectivity index (χ0v) is 9.58. The van der Waals surface area contributed by atoms with Gasteiger partial charge in [-0.25, -0.2) is 8.78 Å². The van der Waals surface area contributed by atoms with E-state index in [1.165, 1.54) is 0 Å². The van der Waals surface area contributed by atoms with Crippen molar-refractivity contribution in [2.75, 3.05) is 11.4 Å². The molecule has 2 nitrogen and oxygen atoms in total. The van der Waals surface area contributed by atoms with Crippen LogP contribution in [0.1, 0.15) is 38.0 Å². The van der Waals surface area contributed by atoms with E-state index in [0.29, 0.717) is 6.04 Å². The molecule has 0 N–H and O–H groups in total. The third kappa shape index (κ3) is 2.01. The number of rotatable bonds is 2. The Hall–Kier alpha value is -1.19. The third-order valence-corrected chi connectivity index (χ3v) is 2.98. The first-order valence-electron chi connectivity index (χ1n) is 5.63. The van der Waals surface area contributed by atoms with E-state index in [1.807, 2.05) is 0 Å². The van der Waals surface area contributed by atoms with Gasteiger partial charge in [-0.3, -0.25) is 4.98 Å². The van der Waals surface area contributed by atoms with Crippen LogP contribution in [0.4, 0.5) is 14.5 Å².